The number of ether oxygens (including phenoxy) is 1. The zero-order valence-corrected chi connectivity index (χ0v) is 11.1. The van der Waals surface area contributed by atoms with E-state index in [1.807, 2.05) is 18.2 Å². The molecule has 6 heteroatoms. The third kappa shape index (κ3) is 4.15. The fourth-order valence-electron chi connectivity index (χ4n) is 1.56. The highest BCUT2D eigenvalue weighted by Gasteiger charge is 2.37. The Hall–Kier alpha value is -1.72. The Morgan fingerprint density at radius 3 is 1.85 bits per heavy atom. The largest absolute Gasteiger partial charge is 0.457 e. The zero-order chi connectivity index (χ0) is 13.9. The molecule has 2 aromatic carbocycles. The van der Waals surface area contributed by atoms with Gasteiger partial charge in [-0.15, -0.1) is 12.4 Å². The number of benzene rings is 2. The van der Waals surface area contributed by atoms with E-state index in [1.54, 1.807) is 12.1 Å². The van der Waals surface area contributed by atoms with Gasteiger partial charge in [-0.2, -0.15) is 13.2 Å². The third-order valence-electron chi connectivity index (χ3n) is 2.57. The summed E-state index contributed by atoms with van der Waals surface area (Å²) in [5, 5.41) is 0. The molecule has 0 radical (unpaired) electrons. The SMILES string of the molecule is Cl.N[C@H](c1ccc(Oc2ccccc2)cc1)C(F)(F)F. The van der Waals surface area contributed by atoms with Crippen LogP contribution < -0.4 is 10.5 Å². The minimum atomic E-state index is -4.44. The molecular weight excluding hydrogens is 291 g/mol. The summed E-state index contributed by atoms with van der Waals surface area (Å²) < 4.78 is 42.8. The second kappa shape index (κ2) is 6.63. The number of rotatable bonds is 3. The first-order chi connectivity index (χ1) is 8.97. The van der Waals surface area contributed by atoms with Crippen LogP contribution in [0.1, 0.15) is 11.6 Å². The molecule has 0 fully saturated rings. The maximum Gasteiger partial charge on any atom is 0.407 e. The van der Waals surface area contributed by atoms with Crippen LogP contribution in [0.25, 0.3) is 0 Å². The fraction of sp³-hybridized carbons (Fsp3) is 0.143. The van der Waals surface area contributed by atoms with Crippen LogP contribution in [0.3, 0.4) is 0 Å². The van der Waals surface area contributed by atoms with Crippen molar-refractivity contribution < 1.29 is 17.9 Å². The van der Waals surface area contributed by atoms with Gasteiger partial charge in [-0.25, -0.2) is 0 Å². The molecule has 0 spiro atoms. The van der Waals surface area contributed by atoms with Gasteiger partial charge in [0, 0.05) is 0 Å². The van der Waals surface area contributed by atoms with E-state index >= 15 is 0 Å². The van der Waals surface area contributed by atoms with Gasteiger partial charge in [-0.3, -0.25) is 0 Å². The summed E-state index contributed by atoms with van der Waals surface area (Å²) in [7, 11) is 0. The average molecular weight is 304 g/mol. The second-order valence-corrected chi connectivity index (χ2v) is 4.00. The van der Waals surface area contributed by atoms with E-state index in [0.717, 1.165) is 0 Å². The van der Waals surface area contributed by atoms with Gasteiger partial charge in [0.1, 0.15) is 17.5 Å². The molecule has 1 atom stereocenters. The maximum absolute atomic E-state index is 12.4. The highest BCUT2D eigenvalue weighted by molar-refractivity contribution is 5.85. The quantitative estimate of drug-likeness (QED) is 0.908. The van der Waals surface area contributed by atoms with Crippen molar-refractivity contribution in [3.63, 3.8) is 0 Å². The lowest BCUT2D eigenvalue weighted by Gasteiger charge is -2.16. The summed E-state index contributed by atoms with van der Waals surface area (Å²) in [6, 6.07) is 12.6. The Kier molecular flexibility index (Phi) is 5.42. The lowest BCUT2D eigenvalue weighted by Crippen LogP contribution is -2.28. The van der Waals surface area contributed by atoms with Crippen LogP contribution in [-0.2, 0) is 0 Å². The first-order valence-electron chi connectivity index (χ1n) is 5.62. The number of halogens is 4. The topological polar surface area (TPSA) is 35.2 Å². The Morgan fingerprint density at radius 1 is 0.850 bits per heavy atom. The van der Waals surface area contributed by atoms with E-state index in [-0.39, 0.29) is 18.0 Å². The number of hydrogen-bond donors (Lipinski definition) is 1. The number of hydrogen-bond acceptors (Lipinski definition) is 2. The summed E-state index contributed by atoms with van der Waals surface area (Å²) in [5.41, 5.74) is 5.12. The highest BCUT2D eigenvalue weighted by atomic mass is 35.5. The molecule has 0 aliphatic heterocycles. The van der Waals surface area contributed by atoms with Crippen molar-refractivity contribution in [3.8, 4) is 11.5 Å². The Balaban J connectivity index is 0.00000200. The molecular formula is C14H13ClF3NO. The van der Waals surface area contributed by atoms with E-state index in [4.69, 9.17) is 10.5 Å². The molecule has 0 aromatic heterocycles. The van der Waals surface area contributed by atoms with Crippen molar-refractivity contribution in [1.29, 1.82) is 0 Å². The fourth-order valence-corrected chi connectivity index (χ4v) is 1.56. The van der Waals surface area contributed by atoms with Crippen LogP contribution in [0.2, 0.25) is 0 Å². The van der Waals surface area contributed by atoms with Gasteiger partial charge in [-0.05, 0) is 29.8 Å². The molecule has 0 heterocycles. The Labute approximate surface area is 120 Å². The average Bonchev–Trinajstić information content (AvgIpc) is 2.39. The van der Waals surface area contributed by atoms with Crippen molar-refractivity contribution in [2.75, 3.05) is 0 Å². The summed E-state index contributed by atoms with van der Waals surface area (Å²) in [5.74, 6) is 1.08. The predicted octanol–water partition coefficient (Wildman–Crippen LogP) is 4.46. The lowest BCUT2D eigenvalue weighted by atomic mass is 10.1. The van der Waals surface area contributed by atoms with E-state index in [9.17, 15) is 13.2 Å². The van der Waals surface area contributed by atoms with E-state index in [1.165, 1.54) is 24.3 Å². The van der Waals surface area contributed by atoms with Gasteiger partial charge in [0.25, 0.3) is 0 Å². The normalized spacial score (nSPS) is 12.4. The number of alkyl halides is 3. The smallest absolute Gasteiger partial charge is 0.407 e. The Bertz CT molecular complexity index is 528. The van der Waals surface area contributed by atoms with Gasteiger partial charge >= 0.3 is 6.18 Å². The lowest BCUT2D eigenvalue weighted by molar-refractivity contribution is -0.149. The molecule has 108 valence electrons. The molecule has 0 bridgehead atoms. The van der Waals surface area contributed by atoms with Gasteiger partial charge in [0.05, 0.1) is 0 Å². The molecule has 20 heavy (non-hydrogen) atoms. The van der Waals surface area contributed by atoms with Crippen molar-refractivity contribution in [2.45, 2.75) is 12.2 Å². The van der Waals surface area contributed by atoms with Crippen molar-refractivity contribution in [1.82, 2.24) is 0 Å². The van der Waals surface area contributed by atoms with E-state index in [0.29, 0.717) is 11.5 Å². The first-order valence-corrected chi connectivity index (χ1v) is 5.62. The first kappa shape index (κ1) is 16.3. The van der Waals surface area contributed by atoms with Crippen LogP contribution >= 0.6 is 12.4 Å². The molecule has 0 aliphatic rings. The molecule has 2 N–H and O–H groups in total. The van der Waals surface area contributed by atoms with Crippen LogP contribution in [0, 0.1) is 0 Å². The zero-order valence-electron chi connectivity index (χ0n) is 10.3. The monoisotopic (exact) mass is 303 g/mol. The standard InChI is InChI=1S/C14H12F3NO.ClH/c15-14(16,17)13(18)10-6-8-12(9-7-10)19-11-4-2-1-3-5-11;/h1-9,13H,18H2;1H/t13-;/m1./s1. The van der Waals surface area contributed by atoms with E-state index in [2.05, 4.69) is 0 Å². The van der Waals surface area contributed by atoms with Crippen LogP contribution in [0.4, 0.5) is 13.2 Å². The van der Waals surface area contributed by atoms with Crippen LogP contribution in [0.15, 0.2) is 54.6 Å². The van der Waals surface area contributed by atoms with Gasteiger partial charge in [0.15, 0.2) is 0 Å². The molecule has 0 amide bonds. The third-order valence-corrected chi connectivity index (χ3v) is 2.57. The Morgan fingerprint density at radius 2 is 1.35 bits per heavy atom. The second-order valence-electron chi connectivity index (χ2n) is 4.00. The molecule has 0 unspecified atom stereocenters. The highest BCUT2D eigenvalue weighted by Crippen LogP contribution is 2.31. The molecule has 0 aliphatic carbocycles. The minimum absolute atomic E-state index is 0. The maximum atomic E-state index is 12.4. The van der Waals surface area contributed by atoms with Crippen LogP contribution in [-0.4, -0.2) is 6.18 Å². The molecule has 2 nitrogen and oxygen atoms in total. The van der Waals surface area contributed by atoms with Crippen LogP contribution in [0.5, 0.6) is 11.5 Å². The number of nitrogens with two attached hydrogens (primary N) is 1. The number of para-hydroxylation sites is 1. The van der Waals surface area contributed by atoms with Gasteiger partial charge < -0.3 is 10.5 Å². The van der Waals surface area contributed by atoms with Gasteiger partial charge in [-0.1, -0.05) is 30.3 Å². The van der Waals surface area contributed by atoms with E-state index < -0.39 is 12.2 Å². The van der Waals surface area contributed by atoms with Crippen molar-refractivity contribution in [2.24, 2.45) is 5.73 Å². The van der Waals surface area contributed by atoms with Crippen molar-refractivity contribution in [3.05, 3.63) is 60.2 Å². The summed E-state index contributed by atoms with van der Waals surface area (Å²) in [6.07, 6.45) is -4.44. The minimum Gasteiger partial charge on any atom is -0.457 e. The van der Waals surface area contributed by atoms with Crippen molar-refractivity contribution >= 4 is 12.4 Å². The summed E-state index contributed by atoms with van der Waals surface area (Å²) >= 11 is 0. The molecule has 2 aromatic rings. The van der Waals surface area contributed by atoms with Gasteiger partial charge in [0.2, 0.25) is 0 Å². The predicted molar refractivity (Wildman–Crippen MR) is 73.2 cm³/mol. The summed E-state index contributed by atoms with van der Waals surface area (Å²) in [4.78, 5) is 0. The summed E-state index contributed by atoms with van der Waals surface area (Å²) in [6.45, 7) is 0. The molecule has 0 saturated heterocycles. The molecule has 2 rings (SSSR count). The molecule has 0 saturated carbocycles.